The first-order valence-corrected chi connectivity index (χ1v) is 6.95. The van der Waals surface area contributed by atoms with Crippen LogP contribution in [0.4, 0.5) is 4.39 Å². The summed E-state index contributed by atoms with van der Waals surface area (Å²) in [5.74, 6) is -0.915. The molecule has 0 bridgehead atoms. The molecule has 0 unspecified atom stereocenters. The molecule has 114 valence electrons. The third-order valence-electron chi connectivity index (χ3n) is 2.79. The minimum atomic E-state index is -0.387. The number of likely N-dealkylation sites (N-methyl/N-ethyl adjacent to an activating group) is 1. The predicted molar refractivity (Wildman–Crippen MR) is 81.0 cm³/mol. The summed E-state index contributed by atoms with van der Waals surface area (Å²) in [6, 6.07) is 6.23. The van der Waals surface area contributed by atoms with E-state index in [0.29, 0.717) is 12.1 Å². The van der Waals surface area contributed by atoms with Gasteiger partial charge in [-0.3, -0.25) is 9.59 Å². The zero-order valence-electron chi connectivity index (χ0n) is 12.6. The van der Waals surface area contributed by atoms with Crippen molar-refractivity contribution < 1.29 is 14.0 Å². The van der Waals surface area contributed by atoms with Crippen LogP contribution in [0.25, 0.3) is 6.08 Å². The van der Waals surface area contributed by atoms with E-state index in [0.717, 1.165) is 0 Å². The second-order valence-corrected chi connectivity index (χ2v) is 4.93. The average Bonchev–Trinajstić information content (AvgIpc) is 2.42. The summed E-state index contributed by atoms with van der Waals surface area (Å²) in [5, 5.41) is 2.73. The van der Waals surface area contributed by atoms with Crippen LogP contribution in [0.2, 0.25) is 0 Å². The Morgan fingerprint density at radius 2 is 2.00 bits per heavy atom. The first-order valence-electron chi connectivity index (χ1n) is 6.95. The summed E-state index contributed by atoms with van der Waals surface area (Å²) in [6.45, 7) is 5.90. The van der Waals surface area contributed by atoms with E-state index in [2.05, 4.69) is 5.32 Å². The highest BCUT2D eigenvalue weighted by Crippen LogP contribution is 2.08. The molecule has 1 rings (SSSR count). The van der Waals surface area contributed by atoms with Crippen molar-refractivity contribution in [3.05, 3.63) is 41.7 Å². The zero-order valence-corrected chi connectivity index (χ0v) is 12.6. The van der Waals surface area contributed by atoms with Crippen LogP contribution in [0, 0.1) is 5.82 Å². The molecule has 4 nitrogen and oxygen atoms in total. The topological polar surface area (TPSA) is 49.4 Å². The SMILES string of the molecule is CCN(CC(=O)NC(C)C)C(=O)/C=C/c1ccccc1F. The summed E-state index contributed by atoms with van der Waals surface area (Å²) >= 11 is 0. The summed E-state index contributed by atoms with van der Waals surface area (Å²) in [6.07, 6.45) is 2.70. The van der Waals surface area contributed by atoms with Crippen molar-refractivity contribution in [1.29, 1.82) is 0 Å². The van der Waals surface area contributed by atoms with Gasteiger partial charge in [0, 0.05) is 24.2 Å². The van der Waals surface area contributed by atoms with Gasteiger partial charge in [0.05, 0.1) is 6.54 Å². The van der Waals surface area contributed by atoms with E-state index < -0.39 is 0 Å². The molecule has 0 aliphatic carbocycles. The van der Waals surface area contributed by atoms with E-state index in [1.165, 1.54) is 23.1 Å². The number of hydrogen-bond donors (Lipinski definition) is 1. The van der Waals surface area contributed by atoms with Crippen LogP contribution >= 0.6 is 0 Å². The lowest BCUT2D eigenvalue weighted by Gasteiger charge is -2.19. The molecule has 1 aromatic rings. The zero-order chi connectivity index (χ0) is 15.8. The molecule has 0 fully saturated rings. The Balaban J connectivity index is 2.67. The largest absolute Gasteiger partial charge is 0.352 e. The van der Waals surface area contributed by atoms with Gasteiger partial charge < -0.3 is 10.2 Å². The normalized spacial score (nSPS) is 10.9. The highest BCUT2D eigenvalue weighted by Gasteiger charge is 2.13. The van der Waals surface area contributed by atoms with Gasteiger partial charge in [-0.1, -0.05) is 18.2 Å². The smallest absolute Gasteiger partial charge is 0.247 e. The lowest BCUT2D eigenvalue weighted by molar-refractivity contribution is -0.132. The Hall–Kier alpha value is -2.17. The first-order chi connectivity index (χ1) is 9.93. The number of amides is 2. The molecule has 2 amide bonds. The molecule has 21 heavy (non-hydrogen) atoms. The number of hydrogen-bond acceptors (Lipinski definition) is 2. The van der Waals surface area contributed by atoms with E-state index in [1.807, 2.05) is 13.8 Å². The number of rotatable bonds is 6. The van der Waals surface area contributed by atoms with Gasteiger partial charge in [-0.25, -0.2) is 4.39 Å². The molecule has 5 heteroatoms. The Labute approximate surface area is 124 Å². The van der Waals surface area contributed by atoms with Crippen LogP contribution in [0.1, 0.15) is 26.3 Å². The standard InChI is InChI=1S/C16H21FN2O2/c1-4-19(11-15(20)18-12(2)3)16(21)10-9-13-7-5-6-8-14(13)17/h5-10,12H,4,11H2,1-3H3,(H,18,20)/b10-9+. The lowest BCUT2D eigenvalue weighted by atomic mass is 10.2. The lowest BCUT2D eigenvalue weighted by Crippen LogP contribution is -2.42. The molecule has 1 aromatic carbocycles. The van der Waals surface area contributed by atoms with Gasteiger partial charge in [-0.2, -0.15) is 0 Å². The molecular formula is C16H21FN2O2. The van der Waals surface area contributed by atoms with E-state index in [9.17, 15) is 14.0 Å². The highest BCUT2D eigenvalue weighted by atomic mass is 19.1. The Morgan fingerprint density at radius 1 is 1.33 bits per heavy atom. The molecule has 0 saturated carbocycles. The van der Waals surface area contributed by atoms with Crippen LogP contribution in [0.3, 0.4) is 0 Å². The van der Waals surface area contributed by atoms with Gasteiger partial charge in [-0.05, 0) is 32.9 Å². The highest BCUT2D eigenvalue weighted by molar-refractivity contribution is 5.94. The fourth-order valence-electron chi connectivity index (χ4n) is 1.76. The van der Waals surface area contributed by atoms with Crippen molar-refractivity contribution in [2.24, 2.45) is 0 Å². The maximum absolute atomic E-state index is 13.4. The fraction of sp³-hybridized carbons (Fsp3) is 0.375. The maximum Gasteiger partial charge on any atom is 0.247 e. The van der Waals surface area contributed by atoms with Gasteiger partial charge >= 0.3 is 0 Å². The van der Waals surface area contributed by atoms with Crippen LogP contribution in [0.15, 0.2) is 30.3 Å². The van der Waals surface area contributed by atoms with Crippen LogP contribution in [0.5, 0.6) is 0 Å². The van der Waals surface area contributed by atoms with Crippen molar-refractivity contribution in [2.45, 2.75) is 26.8 Å². The molecule has 0 aliphatic heterocycles. The molecule has 1 N–H and O–H groups in total. The van der Waals surface area contributed by atoms with Gasteiger partial charge in [0.25, 0.3) is 0 Å². The third-order valence-corrected chi connectivity index (χ3v) is 2.79. The summed E-state index contributed by atoms with van der Waals surface area (Å²) in [7, 11) is 0. The van der Waals surface area contributed by atoms with Gasteiger partial charge in [0.1, 0.15) is 5.82 Å². The summed E-state index contributed by atoms with van der Waals surface area (Å²) in [5.41, 5.74) is 0.341. The van der Waals surface area contributed by atoms with E-state index in [4.69, 9.17) is 0 Å². The Bertz CT molecular complexity index is 527. The number of carbonyl (C=O) groups is 2. The van der Waals surface area contributed by atoms with Gasteiger partial charge in [0.2, 0.25) is 11.8 Å². The monoisotopic (exact) mass is 292 g/mol. The second-order valence-electron chi connectivity index (χ2n) is 4.93. The molecule has 0 radical (unpaired) electrons. The Kier molecular flexibility index (Phi) is 6.59. The van der Waals surface area contributed by atoms with Crippen LogP contribution in [-0.4, -0.2) is 35.8 Å². The van der Waals surface area contributed by atoms with Crippen molar-refractivity contribution in [2.75, 3.05) is 13.1 Å². The minimum Gasteiger partial charge on any atom is -0.352 e. The summed E-state index contributed by atoms with van der Waals surface area (Å²) < 4.78 is 13.4. The number of nitrogens with one attached hydrogen (secondary N) is 1. The van der Waals surface area contributed by atoms with Crippen molar-refractivity contribution in [3.63, 3.8) is 0 Å². The summed E-state index contributed by atoms with van der Waals surface area (Å²) in [4.78, 5) is 25.1. The molecule has 0 atom stereocenters. The van der Waals surface area contributed by atoms with E-state index in [-0.39, 0.29) is 30.2 Å². The van der Waals surface area contributed by atoms with Crippen LogP contribution in [-0.2, 0) is 9.59 Å². The molecule has 0 aliphatic rings. The van der Waals surface area contributed by atoms with Crippen molar-refractivity contribution >= 4 is 17.9 Å². The van der Waals surface area contributed by atoms with E-state index in [1.54, 1.807) is 25.1 Å². The molecule has 0 aromatic heterocycles. The molecule has 0 spiro atoms. The maximum atomic E-state index is 13.4. The van der Waals surface area contributed by atoms with Crippen LogP contribution < -0.4 is 5.32 Å². The number of nitrogens with zero attached hydrogens (tertiary/aromatic N) is 1. The quantitative estimate of drug-likeness (QED) is 0.817. The number of benzene rings is 1. The van der Waals surface area contributed by atoms with Crippen molar-refractivity contribution in [1.82, 2.24) is 10.2 Å². The molecular weight excluding hydrogens is 271 g/mol. The van der Waals surface area contributed by atoms with Gasteiger partial charge in [0.15, 0.2) is 0 Å². The van der Waals surface area contributed by atoms with Crippen molar-refractivity contribution in [3.8, 4) is 0 Å². The predicted octanol–water partition coefficient (Wildman–Crippen LogP) is 2.21. The average molecular weight is 292 g/mol. The number of halogens is 1. The molecule has 0 saturated heterocycles. The first kappa shape index (κ1) is 16.9. The second kappa shape index (κ2) is 8.19. The number of carbonyl (C=O) groups excluding carboxylic acids is 2. The van der Waals surface area contributed by atoms with E-state index >= 15 is 0 Å². The Morgan fingerprint density at radius 3 is 2.57 bits per heavy atom. The molecule has 0 heterocycles. The minimum absolute atomic E-state index is 0.00484. The fourth-order valence-corrected chi connectivity index (χ4v) is 1.76. The van der Waals surface area contributed by atoms with Gasteiger partial charge in [-0.15, -0.1) is 0 Å². The third kappa shape index (κ3) is 5.77.